The summed E-state index contributed by atoms with van der Waals surface area (Å²) in [5.41, 5.74) is 3.73. The van der Waals surface area contributed by atoms with Crippen LogP contribution in [0.2, 0.25) is 0 Å². The number of nitrogen functional groups attached to an aromatic ring is 1. The summed E-state index contributed by atoms with van der Waals surface area (Å²) in [7, 11) is 0. The van der Waals surface area contributed by atoms with Crippen LogP contribution in [0.1, 0.15) is 25.3 Å². The minimum atomic E-state index is -0.830. The Bertz CT molecular complexity index is 512. The van der Waals surface area contributed by atoms with Gasteiger partial charge >= 0.3 is 5.69 Å². The van der Waals surface area contributed by atoms with E-state index in [1.807, 2.05) is 4.98 Å². The zero-order chi connectivity index (χ0) is 11.0. The van der Waals surface area contributed by atoms with Crippen molar-refractivity contribution >= 4 is 11.5 Å². The molecular weight excluding hydrogens is 200 g/mol. The van der Waals surface area contributed by atoms with Gasteiger partial charge in [0.15, 0.2) is 0 Å². The largest absolute Gasteiger partial charge is 0.383 e. The minimum absolute atomic E-state index is 0.0187. The first-order chi connectivity index (χ1) is 7.15. The number of rotatable bonds is 2. The average molecular weight is 210 g/mol. The maximum absolute atomic E-state index is 11.4. The molecular formula is C8H10N4O3. The second-order valence-electron chi connectivity index (χ2n) is 3.54. The first-order valence-electron chi connectivity index (χ1n) is 4.63. The molecule has 1 aliphatic carbocycles. The lowest BCUT2D eigenvalue weighted by Crippen LogP contribution is -2.36. The van der Waals surface area contributed by atoms with Crippen molar-refractivity contribution < 1.29 is 0 Å². The van der Waals surface area contributed by atoms with Gasteiger partial charge in [-0.2, -0.15) is 0 Å². The Hall–Kier alpha value is -1.92. The molecule has 0 saturated heterocycles. The van der Waals surface area contributed by atoms with Crippen molar-refractivity contribution in [1.82, 2.24) is 9.55 Å². The van der Waals surface area contributed by atoms with Crippen LogP contribution in [-0.4, -0.2) is 9.55 Å². The molecule has 1 saturated carbocycles. The fourth-order valence-corrected chi connectivity index (χ4v) is 1.65. The molecule has 0 spiro atoms. The van der Waals surface area contributed by atoms with E-state index in [4.69, 9.17) is 5.73 Å². The lowest BCUT2D eigenvalue weighted by Gasteiger charge is -2.28. The highest BCUT2D eigenvalue weighted by Gasteiger charge is 2.24. The van der Waals surface area contributed by atoms with Crippen LogP contribution in [0.15, 0.2) is 14.8 Å². The second-order valence-corrected chi connectivity index (χ2v) is 3.54. The number of aromatic nitrogens is 2. The van der Waals surface area contributed by atoms with Crippen molar-refractivity contribution in [1.29, 1.82) is 0 Å². The molecule has 0 radical (unpaired) electrons. The summed E-state index contributed by atoms with van der Waals surface area (Å²) in [6, 6.07) is -0.0187. The summed E-state index contributed by atoms with van der Waals surface area (Å²) in [5, 5.41) is 2.53. The molecule has 0 amide bonds. The Morgan fingerprint density at radius 1 is 1.40 bits per heavy atom. The van der Waals surface area contributed by atoms with Crippen molar-refractivity contribution in [3.05, 3.63) is 25.7 Å². The first-order valence-corrected chi connectivity index (χ1v) is 4.63. The third-order valence-electron chi connectivity index (χ3n) is 2.69. The van der Waals surface area contributed by atoms with Crippen LogP contribution < -0.4 is 17.0 Å². The van der Waals surface area contributed by atoms with E-state index >= 15 is 0 Å². The van der Waals surface area contributed by atoms with E-state index in [0.29, 0.717) is 0 Å². The number of hydrogen-bond acceptors (Lipinski definition) is 5. The van der Waals surface area contributed by atoms with Gasteiger partial charge < -0.3 is 5.73 Å². The molecule has 3 N–H and O–H groups in total. The maximum atomic E-state index is 11.4. The average Bonchev–Trinajstić information content (AvgIpc) is 2.09. The van der Waals surface area contributed by atoms with Crippen LogP contribution in [-0.2, 0) is 0 Å². The fourth-order valence-electron chi connectivity index (χ4n) is 1.65. The van der Waals surface area contributed by atoms with Gasteiger partial charge in [-0.25, -0.2) is 4.79 Å². The van der Waals surface area contributed by atoms with Gasteiger partial charge in [0.1, 0.15) is 5.82 Å². The molecule has 1 aromatic rings. The summed E-state index contributed by atoms with van der Waals surface area (Å²) in [6.07, 6.45) is 2.67. The Morgan fingerprint density at radius 3 is 2.53 bits per heavy atom. The van der Waals surface area contributed by atoms with Gasteiger partial charge in [-0.3, -0.25) is 14.3 Å². The number of H-pyrrole nitrogens is 1. The highest BCUT2D eigenvalue weighted by molar-refractivity contribution is 5.55. The highest BCUT2D eigenvalue weighted by Crippen LogP contribution is 2.32. The van der Waals surface area contributed by atoms with Gasteiger partial charge in [0.05, 0.1) is 0 Å². The number of nitroso groups, excluding NO2 is 1. The van der Waals surface area contributed by atoms with Crippen LogP contribution in [0.3, 0.4) is 0 Å². The Labute approximate surface area is 83.9 Å². The number of nitrogens with one attached hydrogen (secondary N) is 1. The number of anilines is 1. The SMILES string of the molecule is Nc1c(N=O)c(=O)[nH]c(=O)n1C1CCC1. The molecule has 15 heavy (non-hydrogen) atoms. The van der Waals surface area contributed by atoms with E-state index in [-0.39, 0.29) is 11.9 Å². The van der Waals surface area contributed by atoms with E-state index in [1.54, 1.807) is 0 Å². The third-order valence-corrected chi connectivity index (χ3v) is 2.69. The zero-order valence-corrected chi connectivity index (χ0v) is 7.90. The molecule has 7 heteroatoms. The molecule has 0 unspecified atom stereocenters. The topological polar surface area (TPSA) is 110 Å². The molecule has 0 bridgehead atoms. The smallest absolute Gasteiger partial charge is 0.330 e. The van der Waals surface area contributed by atoms with E-state index in [9.17, 15) is 14.5 Å². The standard InChI is InChI=1S/C8H10N4O3/c9-6-5(11-15)7(13)10-8(14)12(6)4-2-1-3-4/h4H,1-3,9H2,(H,10,13,14). The van der Waals surface area contributed by atoms with E-state index in [1.165, 1.54) is 4.57 Å². The normalized spacial score (nSPS) is 16.0. The molecule has 0 aliphatic heterocycles. The van der Waals surface area contributed by atoms with Crippen molar-refractivity contribution in [2.75, 3.05) is 5.73 Å². The molecule has 80 valence electrons. The quantitative estimate of drug-likeness (QED) is 0.681. The lowest BCUT2D eigenvalue weighted by atomic mass is 9.93. The van der Waals surface area contributed by atoms with Crippen molar-refractivity contribution in [2.45, 2.75) is 25.3 Å². The maximum Gasteiger partial charge on any atom is 0.330 e. The molecule has 1 aliphatic rings. The number of nitrogens with two attached hydrogens (primary N) is 1. The predicted molar refractivity (Wildman–Crippen MR) is 54.1 cm³/mol. The van der Waals surface area contributed by atoms with Crippen LogP contribution in [0, 0.1) is 4.91 Å². The van der Waals surface area contributed by atoms with Crippen LogP contribution >= 0.6 is 0 Å². The summed E-state index contributed by atoms with van der Waals surface area (Å²) >= 11 is 0. The van der Waals surface area contributed by atoms with Crippen molar-refractivity contribution in [3.8, 4) is 0 Å². The first kappa shape index (κ1) is 9.63. The van der Waals surface area contributed by atoms with Gasteiger partial charge in [-0.1, -0.05) is 0 Å². The molecule has 0 aromatic carbocycles. The molecule has 0 atom stereocenters. The monoisotopic (exact) mass is 210 g/mol. The summed E-state index contributed by atoms with van der Waals surface area (Å²) < 4.78 is 1.24. The van der Waals surface area contributed by atoms with Crippen LogP contribution in [0.5, 0.6) is 0 Å². The van der Waals surface area contributed by atoms with Gasteiger partial charge in [0, 0.05) is 6.04 Å². The van der Waals surface area contributed by atoms with Crippen molar-refractivity contribution in [2.24, 2.45) is 5.18 Å². The lowest BCUT2D eigenvalue weighted by molar-refractivity contribution is 0.306. The van der Waals surface area contributed by atoms with Gasteiger partial charge in [-0.15, -0.1) is 4.91 Å². The zero-order valence-electron chi connectivity index (χ0n) is 7.90. The van der Waals surface area contributed by atoms with Gasteiger partial charge in [0.25, 0.3) is 5.56 Å². The molecule has 7 nitrogen and oxygen atoms in total. The van der Waals surface area contributed by atoms with Gasteiger partial charge in [0.2, 0.25) is 5.69 Å². The molecule has 2 rings (SSSR count). The minimum Gasteiger partial charge on any atom is -0.383 e. The summed E-state index contributed by atoms with van der Waals surface area (Å²) in [6.45, 7) is 0. The van der Waals surface area contributed by atoms with E-state index < -0.39 is 16.9 Å². The van der Waals surface area contributed by atoms with Crippen molar-refractivity contribution in [3.63, 3.8) is 0 Å². The molecule has 1 fully saturated rings. The second kappa shape index (κ2) is 3.34. The van der Waals surface area contributed by atoms with Crippen LogP contribution in [0.25, 0.3) is 0 Å². The van der Waals surface area contributed by atoms with E-state index in [0.717, 1.165) is 19.3 Å². The Balaban J connectivity index is 2.68. The van der Waals surface area contributed by atoms with Crippen LogP contribution in [0.4, 0.5) is 11.5 Å². The molecule has 1 aromatic heterocycles. The van der Waals surface area contributed by atoms with E-state index in [2.05, 4.69) is 5.18 Å². The number of hydrogen-bond donors (Lipinski definition) is 2. The Kier molecular flexibility index (Phi) is 2.14. The summed E-state index contributed by atoms with van der Waals surface area (Å²) in [4.78, 5) is 35.0. The number of nitrogens with zero attached hydrogens (tertiary/aromatic N) is 2. The summed E-state index contributed by atoms with van der Waals surface area (Å²) in [5.74, 6) is -0.136. The Morgan fingerprint density at radius 2 is 2.07 bits per heavy atom. The fraction of sp³-hybridized carbons (Fsp3) is 0.500. The third kappa shape index (κ3) is 1.36. The number of aromatic amines is 1. The highest BCUT2D eigenvalue weighted by atomic mass is 16.3. The predicted octanol–water partition coefficient (Wildman–Crippen LogP) is 0.242. The van der Waals surface area contributed by atoms with Gasteiger partial charge in [-0.05, 0) is 24.4 Å². The molecule has 1 heterocycles.